The Morgan fingerprint density at radius 2 is 2.03 bits per heavy atom. The Labute approximate surface area is 190 Å². The molecule has 2 aromatic rings. The molecular formula is C25H35FN4O2. The van der Waals surface area contributed by atoms with Gasteiger partial charge in [-0.3, -0.25) is 0 Å². The maximum absolute atomic E-state index is 14.1. The molecule has 0 saturated carbocycles. The molecule has 174 valence electrons. The standard InChI is InChI=1S/C25H35FN4O2/c1-5-27-25(28-14-19-7-9-23(26)21(13-19)16-30(3)4)29-15-20-8-6-18(2)12-24(20)32-22-10-11-31-17-22/h6-9,12-13,22H,5,10-11,14-17H2,1-4H3,(H2,27,28,29). The molecule has 3 rings (SSSR count). The minimum absolute atomic E-state index is 0.104. The Hall–Kier alpha value is -2.64. The number of nitrogens with zero attached hydrogens (tertiary/aromatic N) is 2. The Bertz CT molecular complexity index is 911. The zero-order chi connectivity index (χ0) is 22.9. The normalized spacial score (nSPS) is 16.4. The first-order chi connectivity index (χ1) is 15.4. The van der Waals surface area contributed by atoms with Crippen molar-refractivity contribution in [2.75, 3.05) is 33.9 Å². The summed E-state index contributed by atoms with van der Waals surface area (Å²) in [6.45, 7) is 7.84. The summed E-state index contributed by atoms with van der Waals surface area (Å²) < 4.78 is 25.7. The minimum atomic E-state index is -0.184. The average molecular weight is 443 g/mol. The van der Waals surface area contributed by atoms with E-state index in [0.29, 0.717) is 37.8 Å². The number of guanidine groups is 1. The molecule has 1 aliphatic rings. The van der Waals surface area contributed by atoms with E-state index < -0.39 is 0 Å². The fourth-order valence-corrected chi connectivity index (χ4v) is 3.58. The number of benzene rings is 2. The molecule has 0 spiro atoms. The summed E-state index contributed by atoms with van der Waals surface area (Å²) >= 11 is 0. The SMILES string of the molecule is CCNC(=NCc1ccc(F)c(CN(C)C)c1)NCc1ccc(C)cc1OC1CCOC1. The van der Waals surface area contributed by atoms with E-state index in [1.807, 2.05) is 32.0 Å². The van der Waals surface area contributed by atoms with Gasteiger partial charge in [-0.15, -0.1) is 0 Å². The van der Waals surface area contributed by atoms with Crippen LogP contribution in [0.4, 0.5) is 4.39 Å². The zero-order valence-corrected chi connectivity index (χ0v) is 19.6. The monoisotopic (exact) mass is 442 g/mol. The first-order valence-corrected chi connectivity index (χ1v) is 11.2. The van der Waals surface area contributed by atoms with Crippen molar-refractivity contribution in [2.45, 2.75) is 46.0 Å². The van der Waals surface area contributed by atoms with Crippen LogP contribution in [-0.4, -0.2) is 50.8 Å². The quantitative estimate of drug-likeness (QED) is 0.459. The highest BCUT2D eigenvalue weighted by Crippen LogP contribution is 2.24. The molecule has 1 aliphatic heterocycles. The smallest absolute Gasteiger partial charge is 0.191 e. The van der Waals surface area contributed by atoms with Crippen molar-refractivity contribution >= 4 is 5.96 Å². The van der Waals surface area contributed by atoms with Gasteiger partial charge in [-0.1, -0.05) is 18.2 Å². The van der Waals surface area contributed by atoms with Crippen LogP contribution in [0.3, 0.4) is 0 Å². The summed E-state index contributed by atoms with van der Waals surface area (Å²) in [4.78, 5) is 6.65. The predicted molar refractivity (Wildman–Crippen MR) is 126 cm³/mol. The van der Waals surface area contributed by atoms with Gasteiger partial charge in [-0.25, -0.2) is 9.38 Å². The van der Waals surface area contributed by atoms with Gasteiger partial charge in [-0.2, -0.15) is 0 Å². The fraction of sp³-hybridized carbons (Fsp3) is 0.480. The molecule has 0 aliphatic carbocycles. The van der Waals surface area contributed by atoms with Crippen molar-refractivity contribution < 1.29 is 13.9 Å². The van der Waals surface area contributed by atoms with Crippen LogP contribution in [0, 0.1) is 12.7 Å². The number of hydrogen-bond acceptors (Lipinski definition) is 4. The fourth-order valence-electron chi connectivity index (χ4n) is 3.58. The van der Waals surface area contributed by atoms with E-state index in [9.17, 15) is 4.39 Å². The van der Waals surface area contributed by atoms with Crippen LogP contribution in [-0.2, 0) is 24.4 Å². The van der Waals surface area contributed by atoms with E-state index in [1.54, 1.807) is 6.07 Å². The van der Waals surface area contributed by atoms with Gasteiger partial charge in [0.15, 0.2) is 5.96 Å². The molecule has 1 saturated heterocycles. The largest absolute Gasteiger partial charge is 0.488 e. The number of aryl methyl sites for hydroxylation is 1. The number of nitrogens with one attached hydrogen (secondary N) is 2. The van der Waals surface area contributed by atoms with Crippen LogP contribution in [0.1, 0.15) is 35.6 Å². The summed E-state index contributed by atoms with van der Waals surface area (Å²) in [5.74, 6) is 1.41. The summed E-state index contributed by atoms with van der Waals surface area (Å²) in [7, 11) is 3.86. The lowest BCUT2D eigenvalue weighted by molar-refractivity contribution is 0.140. The van der Waals surface area contributed by atoms with E-state index >= 15 is 0 Å². The molecule has 32 heavy (non-hydrogen) atoms. The Morgan fingerprint density at radius 1 is 1.19 bits per heavy atom. The molecule has 1 heterocycles. The first kappa shape index (κ1) is 24.0. The predicted octanol–water partition coefficient (Wildman–Crippen LogP) is 3.62. The lowest BCUT2D eigenvalue weighted by atomic mass is 10.1. The van der Waals surface area contributed by atoms with Crippen molar-refractivity contribution in [1.29, 1.82) is 0 Å². The molecule has 1 atom stereocenters. The van der Waals surface area contributed by atoms with Crippen molar-refractivity contribution in [3.05, 3.63) is 64.5 Å². The number of ether oxygens (including phenoxy) is 2. The molecular weight excluding hydrogens is 407 g/mol. The third-order valence-corrected chi connectivity index (χ3v) is 5.21. The van der Waals surface area contributed by atoms with E-state index in [1.165, 1.54) is 6.07 Å². The van der Waals surface area contributed by atoms with Gasteiger partial charge in [-0.05, 0) is 57.3 Å². The highest BCUT2D eigenvalue weighted by molar-refractivity contribution is 5.79. The second-order valence-electron chi connectivity index (χ2n) is 8.43. The molecule has 0 amide bonds. The summed E-state index contributed by atoms with van der Waals surface area (Å²) in [5.41, 5.74) is 3.88. The van der Waals surface area contributed by atoms with Gasteiger partial charge in [0.25, 0.3) is 0 Å². The molecule has 6 nitrogen and oxygen atoms in total. The van der Waals surface area contributed by atoms with Crippen LogP contribution in [0.5, 0.6) is 5.75 Å². The number of hydrogen-bond donors (Lipinski definition) is 2. The van der Waals surface area contributed by atoms with E-state index in [2.05, 4.69) is 35.8 Å². The van der Waals surface area contributed by atoms with Crippen LogP contribution in [0.2, 0.25) is 0 Å². The van der Waals surface area contributed by atoms with Crippen molar-refractivity contribution in [1.82, 2.24) is 15.5 Å². The lowest BCUT2D eigenvalue weighted by Crippen LogP contribution is -2.37. The lowest BCUT2D eigenvalue weighted by Gasteiger charge is -2.18. The second-order valence-corrected chi connectivity index (χ2v) is 8.43. The molecule has 2 N–H and O–H groups in total. The number of halogens is 1. The molecule has 0 radical (unpaired) electrons. The maximum Gasteiger partial charge on any atom is 0.191 e. The maximum atomic E-state index is 14.1. The number of rotatable bonds is 9. The minimum Gasteiger partial charge on any atom is -0.488 e. The molecule has 0 aromatic heterocycles. The Kier molecular flexibility index (Phi) is 8.88. The molecule has 7 heteroatoms. The summed E-state index contributed by atoms with van der Waals surface area (Å²) in [5, 5.41) is 6.68. The summed E-state index contributed by atoms with van der Waals surface area (Å²) in [6, 6.07) is 11.4. The summed E-state index contributed by atoms with van der Waals surface area (Å²) in [6.07, 6.45) is 1.02. The van der Waals surface area contributed by atoms with E-state index in [4.69, 9.17) is 14.5 Å². The van der Waals surface area contributed by atoms with Crippen LogP contribution in [0.15, 0.2) is 41.4 Å². The van der Waals surface area contributed by atoms with E-state index in [0.717, 1.165) is 42.0 Å². The molecule has 1 fully saturated rings. The van der Waals surface area contributed by atoms with Crippen LogP contribution >= 0.6 is 0 Å². The highest BCUT2D eigenvalue weighted by atomic mass is 19.1. The average Bonchev–Trinajstić information content (AvgIpc) is 3.26. The van der Waals surface area contributed by atoms with Crippen LogP contribution < -0.4 is 15.4 Å². The van der Waals surface area contributed by atoms with Gasteiger partial charge in [0, 0.05) is 37.2 Å². The van der Waals surface area contributed by atoms with Gasteiger partial charge in [0.2, 0.25) is 0 Å². The zero-order valence-electron chi connectivity index (χ0n) is 19.6. The first-order valence-electron chi connectivity index (χ1n) is 11.2. The highest BCUT2D eigenvalue weighted by Gasteiger charge is 2.18. The molecule has 0 bridgehead atoms. The third kappa shape index (κ3) is 7.21. The number of aliphatic imine (C=N–C) groups is 1. The van der Waals surface area contributed by atoms with Gasteiger partial charge >= 0.3 is 0 Å². The molecule has 1 unspecified atom stereocenters. The van der Waals surface area contributed by atoms with Gasteiger partial charge in [0.1, 0.15) is 17.7 Å². The van der Waals surface area contributed by atoms with Gasteiger partial charge < -0.3 is 25.0 Å². The third-order valence-electron chi connectivity index (χ3n) is 5.21. The van der Waals surface area contributed by atoms with E-state index in [-0.39, 0.29) is 11.9 Å². The van der Waals surface area contributed by atoms with Crippen molar-refractivity contribution in [3.63, 3.8) is 0 Å². The Balaban J connectivity index is 1.67. The molecule has 2 aromatic carbocycles. The second kappa shape index (κ2) is 11.8. The van der Waals surface area contributed by atoms with Crippen molar-refractivity contribution in [2.24, 2.45) is 4.99 Å². The Morgan fingerprint density at radius 3 is 2.75 bits per heavy atom. The van der Waals surface area contributed by atoms with Crippen LogP contribution in [0.25, 0.3) is 0 Å². The van der Waals surface area contributed by atoms with Gasteiger partial charge in [0.05, 0.1) is 19.8 Å². The van der Waals surface area contributed by atoms with Crippen molar-refractivity contribution in [3.8, 4) is 5.75 Å². The topological polar surface area (TPSA) is 58.1 Å².